The Labute approximate surface area is 143 Å². The summed E-state index contributed by atoms with van der Waals surface area (Å²) < 4.78 is 5.63. The topological polar surface area (TPSA) is 29.5 Å². The number of ether oxygens (including phenoxy) is 1. The minimum Gasteiger partial charge on any atom is -0.444 e. The molecule has 0 spiro atoms. The Bertz CT molecular complexity index is 760. The molecule has 3 nitrogen and oxygen atoms in total. The maximum absolute atomic E-state index is 12.7. The third kappa shape index (κ3) is 3.30. The molecule has 2 aromatic carbocycles. The average molecular weight is 323 g/mol. The van der Waals surface area contributed by atoms with Gasteiger partial charge in [0.25, 0.3) is 0 Å². The van der Waals surface area contributed by atoms with Crippen LogP contribution < -0.4 is 0 Å². The third-order valence-electron chi connectivity index (χ3n) is 4.46. The van der Waals surface area contributed by atoms with E-state index in [0.717, 1.165) is 18.4 Å². The van der Waals surface area contributed by atoms with Crippen LogP contribution in [0.5, 0.6) is 0 Å². The summed E-state index contributed by atoms with van der Waals surface area (Å²) in [4.78, 5) is 14.6. The molecule has 0 saturated carbocycles. The van der Waals surface area contributed by atoms with Crippen molar-refractivity contribution >= 4 is 16.9 Å². The number of nitrogens with zero attached hydrogens (tertiary/aromatic N) is 1. The molecule has 0 aliphatic carbocycles. The molecule has 1 saturated heterocycles. The van der Waals surface area contributed by atoms with Gasteiger partial charge in [0.15, 0.2) is 0 Å². The summed E-state index contributed by atoms with van der Waals surface area (Å²) in [5.74, 6) is 0. The van der Waals surface area contributed by atoms with E-state index in [1.54, 1.807) is 0 Å². The second-order valence-electron chi connectivity index (χ2n) is 7.39. The highest BCUT2D eigenvalue weighted by Crippen LogP contribution is 2.38. The Morgan fingerprint density at radius 3 is 2.54 bits per heavy atom. The second kappa shape index (κ2) is 6.31. The number of amides is 1. The summed E-state index contributed by atoms with van der Waals surface area (Å²) in [5.41, 5.74) is 0.656. The van der Waals surface area contributed by atoms with Gasteiger partial charge in [-0.3, -0.25) is 4.90 Å². The maximum atomic E-state index is 12.7. The molecule has 126 valence electrons. The van der Waals surface area contributed by atoms with Gasteiger partial charge in [-0.25, -0.2) is 4.79 Å². The second-order valence-corrected chi connectivity index (χ2v) is 7.39. The van der Waals surface area contributed by atoms with E-state index in [4.69, 9.17) is 4.74 Å². The molecule has 2 unspecified atom stereocenters. The SMILES string of the molecule is C=CC1CCC(c2ccc3ccccc3c2)N1C(=O)OC(C)(C)C. The van der Waals surface area contributed by atoms with Crippen molar-refractivity contribution in [3.63, 3.8) is 0 Å². The van der Waals surface area contributed by atoms with Crippen LogP contribution in [0.2, 0.25) is 0 Å². The molecule has 3 heteroatoms. The molecule has 2 atom stereocenters. The zero-order chi connectivity index (χ0) is 17.3. The number of rotatable bonds is 2. The van der Waals surface area contributed by atoms with E-state index in [1.165, 1.54) is 10.8 Å². The van der Waals surface area contributed by atoms with Gasteiger partial charge in [-0.05, 0) is 56.0 Å². The molecule has 0 aromatic heterocycles. The molecular formula is C21H25NO2. The fourth-order valence-electron chi connectivity index (χ4n) is 3.39. The van der Waals surface area contributed by atoms with E-state index in [-0.39, 0.29) is 18.2 Å². The first-order valence-electron chi connectivity index (χ1n) is 8.51. The van der Waals surface area contributed by atoms with Crippen molar-refractivity contribution in [1.29, 1.82) is 0 Å². The molecule has 1 amide bonds. The van der Waals surface area contributed by atoms with Gasteiger partial charge in [-0.2, -0.15) is 0 Å². The first-order chi connectivity index (χ1) is 11.4. The van der Waals surface area contributed by atoms with Crippen molar-refractivity contribution in [2.75, 3.05) is 0 Å². The molecule has 3 rings (SSSR count). The summed E-state index contributed by atoms with van der Waals surface area (Å²) in [6, 6.07) is 14.8. The number of fused-ring (bicyclic) bond motifs is 1. The Kier molecular flexibility index (Phi) is 4.35. The van der Waals surface area contributed by atoms with Crippen LogP contribution in [0.15, 0.2) is 55.1 Å². The quantitative estimate of drug-likeness (QED) is 0.686. The largest absolute Gasteiger partial charge is 0.444 e. The van der Waals surface area contributed by atoms with Crippen LogP contribution in [-0.4, -0.2) is 22.6 Å². The van der Waals surface area contributed by atoms with Gasteiger partial charge in [0.05, 0.1) is 12.1 Å². The lowest BCUT2D eigenvalue weighted by molar-refractivity contribution is 0.0178. The van der Waals surface area contributed by atoms with E-state index in [1.807, 2.05) is 43.9 Å². The predicted octanol–water partition coefficient (Wildman–Crippen LogP) is 5.47. The number of benzene rings is 2. The van der Waals surface area contributed by atoms with Crippen molar-refractivity contribution in [2.45, 2.75) is 51.3 Å². The molecule has 24 heavy (non-hydrogen) atoms. The minimum absolute atomic E-state index is 0.0244. The van der Waals surface area contributed by atoms with Gasteiger partial charge in [0, 0.05) is 0 Å². The highest BCUT2D eigenvalue weighted by atomic mass is 16.6. The van der Waals surface area contributed by atoms with E-state index >= 15 is 0 Å². The molecule has 2 aromatic rings. The van der Waals surface area contributed by atoms with Crippen LogP contribution in [0.1, 0.15) is 45.2 Å². The van der Waals surface area contributed by atoms with Crippen LogP contribution in [-0.2, 0) is 4.74 Å². The van der Waals surface area contributed by atoms with Gasteiger partial charge >= 0.3 is 6.09 Å². The van der Waals surface area contributed by atoms with Crippen molar-refractivity contribution in [2.24, 2.45) is 0 Å². The van der Waals surface area contributed by atoms with Crippen LogP contribution in [0.25, 0.3) is 10.8 Å². The average Bonchev–Trinajstić information content (AvgIpc) is 2.97. The molecular weight excluding hydrogens is 298 g/mol. The predicted molar refractivity (Wildman–Crippen MR) is 98.0 cm³/mol. The van der Waals surface area contributed by atoms with Crippen molar-refractivity contribution in [3.05, 3.63) is 60.7 Å². The summed E-state index contributed by atoms with van der Waals surface area (Å²) in [7, 11) is 0. The van der Waals surface area contributed by atoms with Crippen molar-refractivity contribution in [1.82, 2.24) is 4.90 Å². The highest BCUT2D eigenvalue weighted by molar-refractivity contribution is 5.83. The number of hydrogen-bond acceptors (Lipinski definition) is 2. The lowest BCUT2D eigenvalue weighted by atomic mass is 10.0. The summed E-state index contributed by atoms with van der Waals surface area (Å²) >= 11 is 0. The van der Waals surface area contributed by atoms with Crippen LogP contribution in [0.4, 0.5) is 4.79 Å². The molecule has 0 N–H and O–H groups in total. The zero-order valence-corrected chi connectivity index (χ0v) is 14.7. The van der Waals surface area contributed by atoms with Crippen LogP contribution in [0, 0.1) is 0 Å². The lowest BCUT2D eigenvalue weighted by Gasteiger charge is -2.32. The smallest absolute Gasteiger partial charge is 0.411 e. The number of carbonyl (C=O) groups excluding carboxylic acids is 1. The fourth-order valence-corrected chi connectivity index (χ4v) is 3.39. The summed E-state index contributed by atoms with van der Waals surface area (Å²) in [6.45, 7) is 9.59. The molecule has 1 aliphatic heterocycles. The summed E-state index contributed by atoms with van der Waals surface area (Å²) in [5, 5.41) is 2.41. The third-order valence-corrected chi connectivity index (χ3v) is 4.46. The van der Waals surface area contributed by atoms with Gasteiger partial charge < -0.3 is 4.74 Å². The Balaban J connectivity index is 1.94. The number of hydrogen-bond donors (Lipinski definition) is 0. The first kappa shape index (κ1) is 16.6. The van der Waals surface area contributed by atoms with E-state index < -0.39 is 5.60 Å². The van der Waals surface area contributed by atoms with Crippen LogP contribution in [0.3, 0.4) is 0 Å². The standard InChI is InChI=1S/C21H25NO2/c1-5-18-12-13-19(22(18)20(23)24-21(2,3)4)17-11-10-15-8-6-7-9-16(15)14-17/h5-11,14,18-19H,1,12-13H2,2-4H3. The summed E-state index contributed by atoms with van der Waals surface area (Å²) in [6.07, 6.45) is 3.43. The first-order valence-corrected chi connectivity index (χ1v) is 8.51. The Hall–Kier alpha value is -2.29. The van der Waals surface area contributed by atoms with Gasteiger partial charge in [0.1, 0.15) is 5.60 Å². The van der Waals surface area contributed by atoms with Crippen LogP contribution >= 0.6 is 0 Å². The fraction of sp³-hybridized carbons (Fsp3) is 0.381. The van der Waals surface area contributed by atoms with Gasteiger partial charge in [-0.1, -0.05) is 42.5 Å². The highest BCUT2D eigenvalue weighted by Gasteiger charge is 2.38. The van der Waals surface area contributed by atoms with Gasteiger partial charge in [-0.15, -0.1) is 6.58 Å². The molecule has 0 radical (unpaired) electrons. The normalized spacial score (nSPS) is 21.0. The molecule has 1 fully saturated rings. The van der Waals surface area contributed by atoms with E-state index in [0.29, 0.717) is 0 Å². The van der Waals surface area contributed by atoms with E-state index in [9.17, 15) is 4.79 Å². The maximum Gasteiger partial charge on any atom is 0.411 e. The minimum atomic E-state index is -0.501. The lowest BCUT2D eigenvalue weighted by Crippen LogP contribution is -2.40. The molecule has 1 heterocycles. The molecule has 0 bridgehead atoms. The van der Waals surface area contributed by atoms with Crippen molar-refractivity contribution < 1.29 is 9.53 Å². The monoisotopic (exact) mass is 323 g/mol. The van der Waals surface area contributed by atoms with Gasteiger partial charge in [0.2, 0.25) is 0 Å². The zero-order valence-electron chi connectivity index (χ0n) is 14.7. The number of likely N-dealkylation sites (tertiary alicyclic amines) is 1. The van der Waals surface area contributed by atoms with E-state index in [2.05, 4.69) is 36.9 Å². The molecule has 1 aliphatic rings. The number of carbonyl (C=O) groups is 1. The Morgan fingerprint density at radius 1 is 1.17 bits per heavy atom. The Morgan fingerprint density at radius 2 is 1.88 bits per heavy atom. The van der Waals surface area contributed by atoms with Crippen molar-refractivity contribution in [3.8, 4) is 0 Å².